The first-order valence-electron chi connectivity index (χ1n) is 13.9. The molecule has 0 N–H and O–H groups in total. The number of carbonyl (C=O) groups excluding carboxylic acids is 2. The monoisotopic (exact) mass is 529 g/mol. The van der Waals surface area contributed by atoms with E-state index in [-0.39, 0.29) is 18.4 Å². The Labute approximate surface area is 228 Å². The van der Waals surface area contributed by atoms with E-state index in [0.29, 0.717) is 55.3 Å². The van der Waals surface area contributed by atoms with Gasteiger partial charge in [-0.1, -0.05) is 38.1 Å². The van der Waals surface area contributed by atoms with Gasteiger partial charge in [-0.2, -0.15) is 0 Å². The number of amides is 2. The van der Waals surface area contributed by atoms with Crippen LogP contribution in [-0.4, -0.2) is 47.8 Å². The Morgan fingerprint density at radius 3 is 2.36 bits per heavy atom. The van der Waals surface area contributed by atoms with Crippen LogP contribution in [0.15, 0.2) is 54.6 Å². The maximum absolute atomic E-state index is 14.1. The van der Waals surface area contributed by atoms with Crippen molar-refractivity contribution >= 4 is 17.5 Å². The normalized spacial score (nSPS) is 21.0. The molecule has 3 aromatic carbocycles. The van der Waals surface area contributed by atoms with E-state index < -0.39 is 11.6 Å². The minimum atomic E-state index is -0.447. The Bertz CT molecular complexity index is 1450. The van der Waals surface area contributed by atoms with Crippen LogP contribution in [0.25, 0.3) is 0 Å². The Morgan fingerprint density at radius 1 is 0.872 bits per heavy atom. The Hall–Kier alpha value is -3.58. The van der Waals surface area contributed by atoms with Crippen LogP contribution >= 0.6 is 0 Å². The smallest absolute Gasteiger partial charge is 0.263 e. The predicted octanol–water partition coefficient (Wildman–Crippen LogP) is 5.77. The van der Waals surface area contributed by atoms with E-state index in [2.05, 4.69) is 41.8 Å². The Kier molecular flexibility index (Phi) is 6.71. The molecule has 1 saturated carbocycles. The van der Waals surface area contributed by atoms with Gasteiger partial charge in [0.25, 0.3) is 11.8 Å². The molecule has 1 aliphatic carbocycles. The van der Waals surface area contributed by atoms with Gasteiger partial charge in [0.2, 0.25) is 0 Å². The van der Waals surface area contributed by atoms with E-state index in [9.17, 15) is 18.4 Å². The second kappa shape index (κ2) is 10.2. The summed E-state index contributed by atoms with van der Waals surface area (Å²) < 4.78 is 27.7. The molecule has 2 amide bonds. The van der Waals surface area contributed by atoms with Crippen molar-refractivity contribution in [1.82, 2.24) is 9.80 Å². The largest absolute Gasteiger partial charge is 0.368 e. The van der Waals surface area contributed by atoms with Crippen molar-refractivity contribution in [2.24, 2.45) is 5.92 Å². The molecular weight excluding hydrogens is 496 g/mol. The molecule has 0 spiro atoms. The van der Waals surface area contributed by atoms with Crippen LogP contribution in [0.3, 0.4) is 0 Å². The van der Waals surface area contributed by atoms with Crippen molar-refractivity contribution in [3.05, 3.63) is 99.6 Å². The van der Waals surface area contributed by atoms with E-state index >= 15 is 0 Å². The van der Waals surface area contributed by atoms with Crippen molar-refractivity contribution in [2.75, 3.05) is 31.1 Å². The van der Waals surface area contributed by atoms with Crippen LogP contribution < -0.4 is 4.90 Å². The predicted molar refractivity (Wildman–Crippen MR) is 147 cm³/mol. The number of anilines is 1. The van der Waals surface area contributed by atoms with Gasteiger partial charge in [0, 0.05) is 38.3 Å². The number of piperazine rings is 1. The highest BCUT2D eigenvalue weighted by Crippen LogP contribution is 2.48. The lowest BCUT2D eigenvalue weighted by molar-refractivity contribution is 0.0642. The van der Waals surface area contributed by atoms with E-state index in [1.54, 1.807) is 6.07 Å². The maximum Gasteiger partial charge on any atom is 0.263 e. The zero-order valence-electron chi connectivity index (χ0n) is 22.4. The van der Waals surface area contributed by atoms with Gasteiger partial charge in [0.05, 0.1) is 23.4 Å². The molecule has 2 aliphatic heterocycles. The van der Waals surface area contributed by atoms with Crippen LogP contribution in [-0.2, 0) is 19.5 Å². The average Bonchev–Trinajstić information content (AvgIpc) is 3.63. The van der Waals surface area contributed by atoms with E-state index in [1.807, 2.05) is 12.1 Å². The second-order valence-electron chi connectivity index (χ2n) is 11.1. The number of benzene rings is 3. The summed E-state index contributed by atoms with van der Waals surface area (Å²) in [4.78, 5) is 32.5. The first-order chi connectivity index (χ1) is 18.8. The molecule has 3 aromatic rings. The lowest BCUT2D eigenvalue weighted by Crippen LogP contribution is -2.46. The standard InChI is InChI=1S/C32H33F2N3O2/c1-3-22-16-21(7-9-25(22)27-15-20(27)2)18-37-31(38)26-5-4-6-29(30(26)32(37)39)36-13-11-35(12-14-36)19-23-17-24(33)8-10-28(23)34/h4-10,16-17,20,27H,3,11-15,18-19H2,1-2H3/t20-,27+/m0/s1. The fourth-order valence-corrected chi connectivity index (χ4v) is 6.14. The quantitative estimate of drug-likeness (QED) is 0.365. The number of imide groups is 1. The van der Waals surface area contributed by atoms with Gasteiger partial charge in [-0.05, 0) is 71.7 Å². The van der Waals surface area contributed by atoms with E-state index in [4.69, 9.17) is 0 Å². The third-order valence-corrected chi connectivity index (χ3v) is 8.53. The third-order valence-electron chi connectivity index (χ3n) is 8.53. The van der Waals surface area contributed by atoms with Gasteiger partial charge in [-0.25, -0.2) is 8.78 Å². The second-order valence-corrected chi connectivity index (χ2v) is 11.1. The molecule has 0 radical (unpaired) electrons. The van der Waals surface area contributed by atoms with Gasteiger partial charge >= 0.3 is 0 Å². The molecular formula is C32H33F2N3O2. The van der Waals surface area contributed by atoms with Crippen LogP contribution in [0, 0.1) is 17.6 Å². The van der Waals surface area contributed by atoms with Crippen molar-refractivity contribution in [2.45, 2.75) is 45.7 Å². The number of halogens is 2. The Morgan fingerprint density at radius 2 is 1.64 bits per heavy atom. The maximum atomic E-state index is 14.1. The molecule has 2 fully saturated rings. The molecule has 5 nitrogen and oxygen atoms in total. The minimum absolute atomic E-state index is 0.255. The summed E-state index contributed by atoms with van der Waals surface area (Å²) >= 11 is 0. The molecule has 6 rings (SSSR count). The fraction of sp³-hybridized carbons (Fsp3) is 0.375. The average molecular weight is 530 g/mol. The van der Waals surface area contributed by atoms with Crippen LogP contribution in [0.1, 0.15) is 69.2 Å². The molecule has 2 atom stereocenters. The summed E-state index contributed by atoms with van der Waals surface area (Å²) in [5.74, 6) is -0.0177. The van der Waals surface area contributed by atoms with Gasteiger partial charge in [-0.3, -0.25) is 19.4 Å². The molecule has 7 heteroatoms. The van der Waals surface area contributed by atoms with Crippen molar-refractivity contribution in [1.29, 1.82) is 0 Å². The van der Waals surface area contributed by atoms with Crippen LogP contribution in [0.4, 0.5) is 14.5 Å². The highest BCUT2D eigenvalue weighted by atomic mass is 19.1. The molecule has 0 unspecified atom stereocenters. The lowest BCUT2D eigenvalue weighted by atomic mass is 9.97. The summed E-state index contributed by atoms with van der Waals surface area (Å²) in [5, 5.41) is 0. The van der Waals surface area contributed by atoms with Crippen LogP contribution in [0.2, 0.25) is 0 Å². The number of nitrogens with zero attached hydrogens (tertiary/aromatic N) is 3. The van der Waals surface area contributed by atoms with Gasteiger partial charge in [0.15, 0.2) is 0 Å². The zero-order valence-corrected chi connectivity index (χ0v) is 22.4. The number of rotatable bonds is 7. The number of hydrogen-bond acceptors (Lipinski definition) is 4. The number of aryl methyl sites for hydroxylation is 1. The van der Waals surface area contributed by atoms with Crippen molar-refractivity contribution < 1.29 is 18.4 Å². The molecule has 2 heterocycles. The zero-order chi connectivity index (χ0) is 27.3. The minimum Gasteiger partial charge on any atom is -0.368 e. The molecule has 202 valence electrons. The summed E-state index contributed by atoms with van der Waals surface area (Å²) in [6.07, 6.45) is 2.15. The first kappa shape index (κ1) is 25.7. The molecule has 0 bridgehead atoms. The molecule has 3 aliphatic rings. The first-order valence-corrected chi connectivity index (χ1v) is 13.9. The van der Waals surface area contributed by atoms with E-state index in [0.717, 1.165) is 35.7 Å². The van der Waals surface area contributed by atoms with Crippen LogP contribution in [0.5, 0.6) is 0 Å². The fourth-order valence-electron chi connectivity index (χ4n) is 6.14. The summed E-state index contributed by atoms with van der Waals surface area (Å²) in [6.45, 7) is 7.52. The van der Waals surface area contributed by atoms with Gasteiger partial charge in [-0.15, -0.1) is 0 Å². The molecule has 39 heavy (non-hydrogen) atoms. The van der Waals surface area contributed by atoms with Crippen molar-refractivity contribution in [3.63, 3.8) is 0 Å². The molecule has 0 aromatic heterocycles. The SMILES string of the molecule is CCc1cc(CN2C(=O)c3cccc(N4CCN(Cc5cc(F)ccc5F)CC4)c3C2=O)ccc1[C@@H]1C[C@@H]1C. The van der Waals surface area contributed by atoms with Crippen molar-refractivity contribution in [3.8, 4) is 0 Å². The third kappa shape index (κ3) is 4.84. The molecule has 1 saturated heterocycles. The highest BCUT2D eigenvalue weighted by molar-refractivity contribution is 6.23. The summed E-state index contributed by atoms with van der Waals surface area (Å²) in [6, 6.07) is 15.4. The number of carbonyl (C=O) groups is 2. The topological polar surface area (TPSA) is 43.9 Å². The highest BCUT2D eigenvalue weighted by Gasteiger charge is 2.39. The van der Waals surface area contributed by atoms with Gasteiger partial charge in [0.1, 0.15) is 11.6 Å². The summed E-state index contributed by atoms with van der Waals surface area (Å²) in [5.41, 5.74) is 5.68. The van der Waals surface area contributed by atoms with Gasteiger partial charge < -0.3 is 4.90 Å². The summed E-state index contributed by atoms with van der Waals surface area (Å²) in [7, 11) is 0. The number of fused-ring (bicyclic) bond motifs is 1. The number of hydrogen-bond donors (Lipinski definition) is 0. The lowest BCUT2D eigenvalue weighted by Gasteiger charge is -2.36. The van der Waals surface area contributed by atoms with E-state index in [1.165, 1.54) is 28.5 Å². The Balaban J connectivity index is 1.17.